The van der Waals surface area contributed by atoms with E-state index in [0.717, 1.165) is 42.4 Å². The molecule has 6 nitrogen and oxygen atoms in total. The lowest BCUT2D eigenvalue weighted by atomic mass is 9.76. The van der Waals surface area contributed by atoms with Gasteiger partial charge in [-0.05, 0) is 85.1 Å². The van der Waals surface area contributed by atoms with Crippen molar-refractivity contribution in [3.05, 3.63) is 82.4 Å². The highest BCUT2D eigenvalue weighted by atomic mass is 16.5. The number of phenols is 3. The molecule has 0 aromatic heterocycles. The fourth-order valence-corrected chi connectivity index (χ4v) is 5.60. The highest BCUT2D eigenvalue weighted by molar-refractivity contribution is 6.02. The van der Waals surface area contributed by atoms with Crippen molar-refractivity contribution in [3.8, 4) is 23.0 Å². The van der Waals surface area contributed by atoms with Crippen LogP contribution in [0.5, 0.6) is 23.0 Å². The molecule has 37 heavy (non-hydrogen) atoms. The summed E-state index contributed by atoms with van der Waals surface area (Å²) in [6.07, 6.45) is 3.75. The lowest BCUT2D eigenvalue weighted by molar-refractivity contribution is 0.0961. The number of aromatic hydroxyl groups is 3. The molecule has 2 aliphatic rings. The van der Waals surface area contributed by atoms with Crippen LogP contribution in [0.1, 0.15) is 64.7 Å². The van der Waals surface area contributed by atoms with Crippen molar-refractivity contribution < 1.29 is 24.9 Å². The fraction of sp³-hybridized carbons (Fsp3) is 0.387. The van der Waals surface area contributed by atoms with Crippen molar-refractivity contribution in [2.24, 2.45) is 5.92 Å². The summed E-state index contributed by atoms with van der Waals surface area (Å²) in [5.41, 5.74) is 3.61. The molecule has 194 valence electrons. The van der Waals surface area contributed by atoms with E-state index in [1.807, 2.05) is 36.4 Å². The zero-order chi connectivity index (χ0) is 25.9. The van der Waals surface area contributed by atoms with Gasteiger partial charge >= 0.3 is 0 Å². The number of Topliss-reactive ketones (excluding diaryl/α,β-unsaturated/α-hetero) is 1. The van der Waals surface area contributed by atoms with Crippen molar-refractivity contribution in [2.75, 3.05) is 26.2 Å². The second-order valence-electron chi connectivity index (χ2n) is 10.6. The maximum atomic E-state index is 13.0. The Hall–Kier alpha value is -3.51. The molecule has 6 heteroatoms. The number of nitrogens with zero attached hydrogens (tertiary/aromatic N) is 1. The average molecular weight is 502 g/mol. The summed E-state index contributed by atoms with van der Waals surface area (Å²) in [4.78, 5) is 15.5. The van der Waals surface area contributed by atoms with Crippen LogP contribution in [0.2, 0.25) is 0 Å². The Balaban J connectivity index is 1.29. The molecule has 1 unspecified atom stereocenters. The van der Waals surface area contributed by atoms with E-state index < -0.39 is 0 Å². The molecule has 3 N–H and O–H groups in total. The minimum absolute atomic E-state index is 0.00779. The zero-order valence-corrected chi connectivity index (χ0v) is 21.3. The van der Waals surface area contributed by atoms with Gasteiger partial charge in [0, 0.05) is 31.0 Å². The lowest BCUT2D eigenvalue weighted by Gasteiger charge is -2.29. The predicted molar refractivity (Wildman–Crippen MR) is 143 cm³/mol. The number of piperidine rings is 1. The molecule has 0 saturated carbocycles. The number of carbonyl (C=O) groups is 1. The molecule has 0 amide bonds. The summed E-state index contributed by atoms with van der Waals surface area (Å²) in [5, 5.41) is 30.9. The van der Waals surface area contributed by atoms with Gasteiger partial charge in [-0.2, -0.15) is 0 Å². The van der Waals surface area contributed by atoms with E-state index in [4.69, 9.17) is 4.74 Å². The highest BCUT2D eigenvalue weighted by Gasteiger charge is 2.32. The molecule has 1 fully saturated rings. The molecule has 1 atom stereocenters. The van der Waals surface area contributed by atoms with Gasteiger partial charge in [0.1, 0.15) is 29.6 Å². The largest absolute Gasteiger partial charge is 0.508 e. The Bertz CT molecular complexity index is 1240. The van der Waals surface area contributed by atoms with E-state index in [1.165, 1.54) is 18.9 Å². The number of rotatable bonds is 7. The first-order valence-electron chi connectivity index (χ1n) is 13.2. The van der Waals surface area contributed by atoms with Crippen LogP contribution in [0.4, 0.5) is 0 Å². The third kappa shape index (κ3) is 5.75. The van der Waals surface area contributed by atoms with Crippen molar-refractivity contribution in [2.45, 2.75) is 44.9 Å². The smallest absolute Gasteiger partial charge is 0.167 e. The number of phenolic OH excluding ortho intramolecular Hbond substituents is 3. The van der Waals surface area contributed by atoms with E-state index in [9.17, 15) is 20.1 Å². The van der Waals surface area contributed by atoms with Crippen molar-refractivity contribution in [1.82, 2.24) is 4.90 Å². The maximum Gasteiger partial charge on any atom is 0.167 e. The molecule has 1 aliphatic heterocycles. The van der Waals surface area contributed by atoms with Crippen LogP contribution >= 0.6 is 0 Å². The zero-order valence-electron chi connectivity index (χ0n) is 21.3. The lowest BCUT2D eigenvalue weighted by Crippen LogP contribution is -2.35. The summed E-state index contributed by atoms with van der Waals surface area (Å²) < 4.78 is 5.97. The molecule has 3 aromatic rings. The van der Waals surface area contributed by atoms with Gasteiger partial charge in [-0.3, -0.25) is 9.69 Å². The Labute approximate surface area is 218 Å². The van der Waals surface area contributed by atoms with Crippen LogP contribution in [0.3, 0.4) is 0 Å². The SMILES string of the molecule is CC1CCN(CCOc2ccc(Cc3c(O)cc(O)c4c3CC(c3ccc(O)cc3)CC4=O)cc2)CC1. The van der Waals surface area contributed by atoms with Gasteiger partial charge in [0.25, 0.3) is 0 Å². The average Bonchev–Trinajstić information content (AvgIpc) is 2.88. The molecule has 1 saturated heterocycles. The molecular formula is C31H35NO5. The van der Waals surface area contributed by atoms with Gasteiger partial charge in [0.2, 0.25) is 0 Å². The van der Waals surface area contributed by atoms with Gasteiger partial charge in [-0.15, -0.1) is 0 Å². The fourth-order valence-electron chi connectivity index (χ4n) is 5.60. The Morgan fingerprint density at radius 1 is 0.919 bits per heavy atom. The molecule has 0 spiro atoms. The minimum Gasteiger partial charge on any atom is -0.508 e. The van der Waals surface area contributed by atoms with Crippen molar-refractivity contribution >= 4 is 5.78 Å². The van der Waals surface area contributed by atoms with Crippen LogP contribution in [0, 0.1) is 5.92 Å². The van der Waals surface area contributed by atoms with Crippen LogP contribution in [0.15, 0.2) is 54.6 Å². The molecule has 0 bridgehead atoms. The highest BCUT2D eigenvalue weighted by Crippen LogP contribution is 2.42. The normalized spacial score (nSPS) is 18.5. The maximum absolute atomic E-state index is 13.0. The van der Waals surface area contributed by atoms with Crippen LogP contribution in [0.25, 0.3) is 0 Å². The monoisotopic (exact) mass is 501 g/mol. The van der Waals surface area contributed by atoms with Crippen molar-refractivity contribution in [3.63, 3.8) is 0 Å². The van der Waals surface area contributed by atoms with Crippen molar-refractivity contribution in [1.29, 1.82) is 0 Å². The summed E-state index contributed by atoms with van der Waals surface area (Å²) in [6.45, 7) is 6.17. The third-order valence-corrected chi connectivity index (χ3v) is 7.89. The number of fused-ring (bicyclic) bond motifs is 1. The Morgan fingerprint density at radius 3 is 2.32 bits per heavy atom. The quantitative estimate of drug-likeness (QED) is 0.401. The number of benzene rings is 3. The number of hydrogen-bond donors (Lipinski definition) is 3. The standard InChI is InChI=1S/C31H35NO5/c1-20-10-12-32(13-11-20)14-15-37-25-8-2-21(3-9-25)16-26-27-17-23(22-4-6-24(33)7-5-22)18-29(35)31(27)30(36)19-28(26)34/h2-9,19-20,23,33-34,36H,10-18H2,1H3. The van der Waals surface area contributed by atoms with Gasteiger partial charge in [-0.1, -0.05) is 31.2 Å². The molecule has 1 aliphatic carbocycles. The van der Waals surface area contributed by atoms with E-state index in [1.54, 1.807) is 12.1 Å². The molecule has 3 aromatic carbocycles. The van der Waals surface area contributed by atoms with Gasteiger partial charge in [0.15, 0.2) is 5.78 Å². The number of hydrogen-bond acceptors (Lipinski definition) is 6. The Kier molecular flexibility index (Phi) is 7.38. The van der Waals surface area contributed by atoms with E-state index in [2.05, 4.69) is 11.8 Å². The molecule has 0 radical (unpaired) electrons. The molecule has 1 heterocycles. The van der Waals surface area contributed by atoms with Crippen LogP contribution < -0.4 is 4.74 Å². The van der Waals surface area contributed by atoms with E-state index >= 15 is 0 Å². The topological polar surface area (TPSA) is 90.2 Å². The first-order valence-corrected chi connectivity index (χ1v) is 13.2. The third-order valence-electron chi connectivity index (χ3n) is 7.89. The second kappa shape index (κ2) is 10.9. The number of ether oxygens (including phenoxy) is 1. The number of carbonyl (C=O) groups excluding carboxylic acids is 1. The Morgan fingerprint density at radius 2 is 1.62 bits per heavy atom. The summed E-state index contributed by atoms with van der Waals surface area (Å²) >= 11 is 0. The van der Waals surface area contributed by atoms with Crippen LogP contribution in [-0.2, 0) is 12.8 Å². The van der Waals surface area contributed by atoms with Gasteiger partial charge in [0.05, 0.1) is 5.56 Å². The molecule has 5 rings (SSSR count). The van der Waals surface area contributed by atoms with E-state index in [-0.39, 0.29) is 35.4 Å². The number of ketones is 1. The van der Waals surface area contributed by atoms with Gasteiger partial charge in [-0.25, -0.2) is 0 Å². The summed E-state index contributed by atoms with van der Waals surface area (Å²) in [6, 6.07) is 16.0. The first-order chi connectivity index (χ1) is 17.9. The predicted octanol–water partition coefficient (Wildman–Crippen LogP) is 5.42. The summed E-state index contributed by atoms with van der Waals surface area (Å²) in [5.74, 6) is 1.41. The first kappa shape index (κ1) is 25.2. The van der Waals surface area contributed by atoms with E-state index in [0.29, 0.717) is 36.1 Å². The van der Waals surface area contributed by atoms with Crippen LogP contribution in [-0.4, -0.2) is 52.2 Å². The van der Waals surface area contributed by atoms with Gasteiger partial charge < -0.3 is 20.1 Å². The second-order valence-corrected chi connectivity index (χ2v) is 10.6. The number of likely N-dealkylation sites (tertiary alicyclic amines) is 1. The summed E-state index contributed by atoms with van der Waals surface area (Å²) in [7, 11) is 0. The molecular weight excluding hydrogens is 466 g/mol. The minimum atomic E-state index is -0.169.